The molecule has 0 heterocycles. The topological polar surface area (TPSA) is 95.5 Å². The number of aliphatic carboxylic acids is 1. The highest BCUT2D eigenvalue weighted by Crippen LogP contribution is 2.16. The van der Waals surface area contributed by atoms with Crippen LogP contribution in [-0.2, 0) is 14.4 Å². The highest BCUT2D eigenvalue weighted by atomic mass is 16.4. The zero-order valence-corrected chi connectivity index (χ0v) is 17.1. The van der Waals surface area contributed by atoms with E-state index >= 15 is 0 Å². The van der Waals surface area contributed by atoms with Crippen molar-refractivity contribution in [2.24, 2.45) is 17.8 Å². The zero-order valence-electron chi connectivity index (χ0n) is 17.1. The lowest BCUT2D eigenvalue weighted by molar-refractivity contribution is -0.143. The Labute approximate surface area is 158 Å². The molecule has 2 unspecified atom stereocenters. The lowest BCUT2D eigenvalue weighted by atomic mass is 9.91. The van der Waals surface area contributed by atoms with Gasteiger partial charge in [0.2, 0.25) is 11.8 Å². The zero-order chi connectivity index (χ0) is 20.1. The molecule has 0 rings (SSSR count). The van der Waals surface area contributed by atoms with Crippen molar-refractivity contribution in [3.8, 4) is 0 Å². The third kappa shape index (κ3) is 12.7. The number of carboxylic acids is 1. The van der Waals surface area contributed by atoms with Crippen LogP contribution in [-0.4, -0.2) is 35.5 Å². The highest BCUT2D eigenvalue weighted by Gasteiger charge is 2.20. The fourth-order valence-electron chi connectivity index (χ4n) is 2.88. The molecule has 0 aromatic heterocycles. The van der Waals surface area contributed by atoms with Crippen LogP contribution < -0.4 is 10.6 Å². The molecule has 0 fully saturated rings. The first-order valence-corrected chi connectivity index (χ1v) is 9.92. The molecule has 0 radical (unpaired) electrons. The third-order valence-corrected chi connectivity index (χ3v) is 4.47. The van der Waals surface area contributed by atoms with Crippen molar-refractivity contribution < 1.29 is 19.5 Å². The smallest absolute Gasteiger partial charge is 0.306 e. The maximum Gasteiger partial charge on any atom is 0.306 e. The van der Waals surface area contributed by atoms with E-state index in [1.54, 1.807) is 0 Å². The van der Waals surface area contributed by atoms with Gasteiger partial charge < -0.3 is 15.7 Å². The van der Waals surface area contributed by atoms with Gasteiger partial charge in [0.1, 0.15) is 0 Å². The van der Waals surface area contributed by atoms with Gasteiger partial charge in [-0.1, -0.05) is 40.5 Å². The Bertz CT molecular complexity index is 436. The predicted octanol–water partition coefficient (Wildman–Crippen LogP) is 3.35. The predicted molar refractivity (Wildman–Crippen MR) is 104 cm³/mol. The van der Waals surface area contributed by atoms with Crippen molar-refractivity contribution >= 4 is 17.8 Å². The van der Waals surface area contributed by atoms with Crippen LogP contribution >= 0.6 is 0 Å². The summed E-state index contributed by atoms with van der Waals surface area (Å²) in [7, 11) is 0. The van der Waals surface area contributed by atoms with E-state index in [0.29, 0.717) is 31.7 Å². The van der Waals surface area contributed by atoms with Crippen LogP contribution in [0.2, 0.25) is 0 Å². The van der Waals surface area contributed by atoms with E-state index < -0.39 is 5.97 Å². The standard InChI is InChI=1S/C20H38N2O4/c1-14(2)9-6-7-11-18(23)22-16(5)13-19(24)21-12-8-10-17(15(3)4)20(25)26/h14-17H,6-13H2,1-5H3,(H,21,24)(H,22,23)(H,25,26). The van der Waals surface area contributed by atoms with Crippen LogP contribution in [0.5, 0.6) is 0 Å². The van der Waals surface area contributed by atoms with Crippen molar-refractivity contribution in [2.45, 2.75) is 85.6 Å². The fraction of sp³-hybridized carbons (Fsp3) is 0.850. The molecule has 0 aliphatic rings. The van der Waals surface area contributed by atoms with E-state index in [4.69, 9.17) is 5.11 Å². The van der Waals surface area contributed by atoms with Gasteiger partial charge in [-0.25, -0.2) is 0 Å². The highest BCUT2D eigenvalue weighted by molar-refractivity contribution is 5.79. The summed E-state index contributed by atoms with van der Waals surface area (Å²) in [5, 5.41) is 14.8. The molecule has 0 spiro atoms. The number of carboxylic acid groups (broad SMARTS) is 1. The maximum absolute atomic E-state index is 11.9. The van der Waals surface area contributed by atoms with Gasteiger partial charge >= 0.3 is 5.97 Å². The van der Waals surface area contributed by atoms with Crippen molar-refractivity contribution in [3.05, 3.63) is 0 Å². The summed E-state index contributed by atoms with van der Waals surface area (Å²) >= 11 is 0. The minimum absolute atomic E-state index is 0.00436. The van der Waals surface area contributed by atoms with Gasteiger partial charge in [0.15, 0.2) is 0 Å². The Balaban J connectivity index is 3.88. The van der Waals surface area contributed by atoms with E-state index in [9.17, 15) is 14.4 Å². The van der Waals surface area contributed by atoms with Crippen molar-refractivity contribution in [1.29, 1.82) is 0 Å². The number of nitrogens with one attached hydrogen (secondary N) is 2. The van der Waals surface area contributed by atoms with E-state index in [1.807, 2.05) is 20.8 Å². The number of hydrogen-bond donors (Lipinski definition) is 3. The van der Waals surface area contributed by atoms with E-state index in [-0.39, 0.29) is 36.1 Å². The number of rotatable bonds is 14. The molecule has 152 valence electrons. The molecular weight excluding hydrogens is 332 g/mol. The summed E-state index contributed by atoms with van der Waals surface area (Å²) in [4.78, 5) is 34.9. The van der Waals surface area contributed by atoms with Gasteiger partial charge in [-0.05, 0) is 38.0 Å². The largest absolute Gasteiger partial charge is 0.481 e. The maximum atomic E-state index is 11.9. The molecule has 0 bridgehead atoms. The van der Waals surface area contributed by atoms with Crippen LogP contribution in [0.4, 0.5) is 0 Å². The second kappa shape index (κ2) is 13.6. The fourth-order valence-corrected chi connectivity index (χ4v) is 2.88. The van der Waals surface area contributed by atoms with E-state index in [2.05, 4.69) is 24.5 Å². The summed E-state index contributed by atoms with van der Waals surface area (Å²) in [5.74, 6) is -0.535. The number of amides is 2. The van der Waals surface area contributed by atoms with Gasteiger partial charge in [-0.15, -0.1) is 0 Å². The second-order valence-corrected chi connectivity index (χ2v) is 7.99. The molecule has 0 aliphatic heterocycles. The molecule has 0 aromatic rings. The molecule has 26 heavy (non-hydrogen) atoms. The minimum Gasteiger partial charge on any atom is -0.481 e. The third-order valence-electron chi connectivity index (χ3n) is 4.47. The quantitative estimate of drug-likeness (QED) is 0.409. The second-order valence-electron chi connectivity index (χ2n) is 7.99. The number of carbonyl (C=O) groups excluding carboxylic acids is 2. The molecular formula is C20H38N2O4. The molecule has 3 N–H and O–H groups in total. The number of hydrogen-bond acceptors (Lipinski definition) is 3. The Hall–Kier alpha value is -1.59. The van der Waals surface area contributed by atoms with Gasteiger partial charge in [-0.2, -0.15) is 0 Å². The number of carbonyl (C=O) groups is 3. The van der Waals surface area contributed by atoms with Crippen LogP contribution in [0.25, 0.3) is 0 Å². The first-order valence-electron chi connectivity index (χ1n) is 9.92. The van der Waals surface area contributed by atoms with Gasteiger partial charge in [-0.3, -0.25) is 14.4 Å². The van der Waals surface area contributed by atoms with Gasteiger partial charge in [0.25, 0.3) is 0 Å². The molecule has 6 nitrogen and oxygen atoms in total. The Kier molecular flexibility index (Phi) is 12.8. The molecule has 0 saturated carbocycles. The van der Waals surface area contributed by atoms with Crippen LogP contribution in [0.3, 0.4) is 0 Å². The number of unbranched alkanes of at least 4 members (excludes halogenated alkanes) is 1. The SMILES string of the molecule is CC(C)CCCCC(=O)NC(C)CC(=O)NCCCC(C(=O)O)C(C)C. The molecule has 0 aromatic carbocycles. The van der Waals surface area contributed by atoms with E-state index in [1.165, 1.54) is 0 Å². The molecule has 6 heteroatoms. The minimum atomic E-state index is -0.781. The average molecular weight is 371 g/mol. The summed E-state index contributed by atoms with van der Waals surface area (Å²) in [6.07, 6.45) is 4.99. The molecule has 0 saturated heterocycles. The Morgan fingerprint density at radius 1 is 0.885 bits per heavy atom. The van der Waals surface area contributed by atoms with Gasteiger partial charge in [0, 0.05) is 25.4 Å². The summed E-state index contributed by atoms with van der Waals surface area (Å²) in [6.45, 7) is 10.4. The first-order chi connectivity index (χ1) is 12.1. The Morgan fingerprint density at radius 3 is 2.08 bits per heavy atom. The van der Waals surface area contributed by atoms with Crippen LogP contribution in [0, 0.1) is 17.8 Å². The van der Waals surface area contributed by atoms with Crippen molar-refractivity contribution in [3.63, 3.8) is 0 Å². The lowest BCUT2D eigenvalue weighted by Gasteiger charge is -2.16. The lowest BCUT2D eigenvalue weighted by Crippen LogP contribution is -2.37. The molecule has 0 aliphatic carbocycles. The first kappa shape index (κ1) is 24.4. The average Bonchev–Trinajstić information content (AvgIpc) is 2.50. The van der Waals surface area contributed by atoms with Crippen molar-refractivity contribution in [2.75, 3.05) is 6.54 Å². The monoisotopic (exact) mass is 370 g/mol. The summed E-state index contributed by atoms with van der Waals surface area (Å²) in [5.41, 5.74) is 0. The summed E-state index contributed by atoms with van der Waals surface area (Å²) in [6, 6.07) is -0.199. The van der Waals surface area contributed by atoms with Gasteiger partial charge in [0.05, 0.1) is 5.92 Å². The molecule has 2 atom stereocenters. The van der Waals surface area contributed by atoms with E-state index in [0.717, 1.165) is 19.3 Å². The summed E-state index contributed by atoms with van der Waals surface area (Å²) < 4.78 is 0. The van der Waals surface area contributed by atoms with Crippen LogP contribution in [0.1, 0.15) is 79.6 Å². The van der Waals surface area contributed by atoms with Crippen molar-refractivity contribution in [1.82, 2.24) is 10.6 Å². The normalized spacial score (nSPS) is 13.5. The molecule has 2 amide bonds. The Morgan fingerprint density at radius 2 is 1.54 bits per heavy atom. The van der Waals surface area contributed by atoms with Crippen LogP contribution in [0.15, 0.2) is 0 Å².